The van der Waals surface area contributed by atoms with Crippen LogP contribution in [0.15, 0.2) is 24.3 Å². The molecule has 18 heavy (non-hydrogen) atoms. The number of hydrogen-bond acceptors (Lipinski definition) is 3. The number of aromatic carboxylic acids is 1. The van der Waals surface area contributed by atoms with Gasteiger partial charge in [-0.3, -0.25) is 0 Å². The summed E-state index contributed by atoms with van der Waals surface area (Å²) in [5.74, 6) is -0.304. The highest BCUT2D eigenvalue weighted by Crippen LogP contribution is 2.36. The van der Waals surface area contributed by atoms with Crippen molar-refractivity contribution in [2.75, 3.05) is 7.11 Å². The fourth-order valence-electron chi connectivity index (χ4n) is 1.68. The lowest BCUT2D eigenvalue weighted by molar-refractivity contribution is 0.0702. The highest BCUT2D eigenvalue weighted by molar-refractivity contribution is 7.17. The molecule has 0 amide bonds. The second-order valence-electron chi connectivity index (χ2n) is 3.78. The lowest BCUT2D eigenvalue weighted by atomic mass is 10.1. The van der Waals surface area contributed by atoms with Crippen LogP contribution in [-0.2, 0) is 0 Å². The number of carboxylic acid groups (broad SMARTS) is 1. The third-order valence-electron chi connectivity index (χ3n) is 2.54. The number of benzene rings is 1. The van der Waals surface area contributed by atoms with Crippen LogP contribution in [0.1, 0.15) is 15.2 Å². The molecule has 1 N–H and O–H groups in total. The molecule has 2 aromatic rings. The number of carboxylic acids is 1. The minimum Gasteiger partial charge on any atom is -0.495 e. The first-order valence-corrected chi connectivity index (χ1v) is 6.40. The van der Waals surface area contributed by atoms with E-state index in [2.05, 4.69) is 0 Å². The summed E-state index contributed by atoms with van der Waals surface area (Å²) < 4.78 is 5.09. The summed E-state index contributed by atoms with van der Waals surface area (Å²) in [5.41, 5.74) is 1.83. The van der Waals surface area contributed by atoms with Crippen LogP contribution in [0.4, 0.5) is 0 Å². The normalized spacial score (nSPS) is 10.4. The molecule has 0 radical (unpaired) electrons. The highest BCUT2D eigenvalue weighted by atomic mass is 35.5. The van der Waals surface area contributed by atoms with Gasteiger partial charge in [0.1, 0.15) is 10.6 Å². The van der Waals surface area contributed by atoms with Crippen LogP contribution in [0.3, 0.4) is 0 Å². The Morgan fingerprint density at radius 3 is 2.61 bits per heavy atom. The molecule has 94 valence electrons. The third kappa shape index (κ3) is 2.35. The SMILES string of the molecule is COc1ccc(-c2sc(C(=O)O)cc2C)cc1Cl. The molecule has 0 aliphatic heterocycles. The van der Waals surface area contributed by atoms with Gasteiger partial charge in [-0.1, -0.05) is 11.6 Å². The van der Waals surface area contributed by atoms with Gasteiger partial charge in [-0.25, -0.2) is 4.79 Å². The molecule has 0 aliphatic rings. The minimum absolute atomic E-state index is 0.328. The zero-order chi connectivity index (χ0) is 13.3. The van der Waals surface area contributed by atoms with E-state index in [0.717, 1.165) is 16.0 Å². The van der Waals surface area contributed by atoms with E-state index in [-0.39, 0.29) is 0 Å². The minimum atomic E-state index is -0.908. The molecule has 0 fully saturated rings. The van der Waals surface area contributed by atoms with Crippen molar-refractivity contribution < 1.29 is 14.6 Å². The van der Waals surface area contributed by atoms with E-state index in [0.29, 0.717) is 15.6 Å². The Hall–Kier alpha value is -1.52. The topological polar surface area (TPSA) is 46.5 Å². The molecule has 1 aromatic carbocycles. The van der Waals surface area contributed by atoms with Crippen LogP contribution < -0.4 is 4.74 Å². The first kappa shape index (κ1) is 12.9. The summed E-state index contributed by atoms with van der Waals surface area (Å²) in [6, 6.07) is 7.10. The molecule has 0 atom stereocenters. The second kappa shape index (κ2) is 5.00. The van der Waals surface area contributed by atoms with Crippen LogP contribution >= 0.6 is 22.9 Å². The van der Waals surface area contributed by atoms with Gasteiger partial charge in [-0.2, -0.15) is 0 Å². The molecule has 3 nitrogen and oxygen atoms in total. The lowest BCUT2D eigenvalue weighted by Gasteiger charge is -2.05. The van der Waals surface area contributed by atoms with Crippen molar-refractivity contribution >= 4 is 28.9 Å². The Kier molecular flexibility index (Phi) is 3.59. The van der Waals surface area contributed by atoms with Gasteiger partial charge in [0.2, 0.25) is 0 Å². The molecule has 0 spiro atoms. The van der Waals surface area contributed by atoms with Crippen molar-refractivity contribution in [2.45, 2.75) is 6.92 Å². The first-order valence-electron chi connectivity index (χ1n) is 5.20. The van der Waals surface area contributed by atoms with Crippen molar-refractivity contribution in [3.63, 3.8) is 0 Å². The average molecular weight is 283 g/mol. The second-order valence-corrected chi connectivity index (χ2v) is 5.24. The highest BCUT2D eigenvalue weighted by Gasteiger charge is 2.13. The lowest BCUT2D eigenvalue weighted by Crippen LogP contribution is -1.89. The number of ether oxygens (including phenoxy) is 1. The van der Waals surface area contributed by atoms with Crippen LogP contribution in [-0.4, -0.2) is 18.2 Å². The van der Waals surface area contributed by atoms with Gasteiger partial charge in [0.15, 0.2) is 0 Å². The Labute approximate surface area is 114 Å². The maximum Gasteiger partial charge on any atom is 0.345 e. The van der Waals surface area contributed by atoms with Gasteiger partial charge in [0.05, 0.1) is 12.1 Å². The maximum atomic E-state index is 10.9. The summed E-state index contributed by atoms with van der Waals surface area (Å²) in [5, 5.41) is 9.48. The maximum absolute atomic E-state index is 10.9. The van der Waals surface area contributed by atoms with Gasteiger partial charge in [-0.15, -0.1) is 11.3 Å². The molecular weight excluding hydrogens is 272 g/mol. The molecule has 0 aliphatic carbocycles. The standard InChI is InChI=1S/C13H11ClO3S/c1-7-5-11(13(15)16)18-12(7)8-3-4-10(17-2)9(14)6-8/h3-6H,1-2H3,(H,15,16). The zero-order valence-corrected chi connectivity index (χ0v) is 11.4. The van der Waals surface area contributed by atoms with Gasteiger partial charge in [-0.05, 0) is 42.3 Å². The van der Waals surface area contributed by atoms with Crippen molar-refractivity contribution in [3.05, 3.63) is 39.7 Å². The average Bonchev–Trinajstić information content (AvgIpc) is 2.71. The quantitative estimate of drug-likeness (QED) is 0.922. The van der Waals surface area contributed by atoms with Gasteiger partial charge in [0, 0.05) is 4.88 Å². The summed E-state index contributed by atoms with van der Waals surface area (Å²) in [6.07, 6.45) is 0. The van der Waals surface area contributed by atoms with Crippen molar-refractivity contribution in [1.82, 2.24) is 0 Å². The number of thiophene rings is 1. The summed E-state index contributed by atoms with van der Waals surface area (Å²) >= 11 is 7.31. The van der Waals surface area contributed by atoms with Crippen molar-refractivity contribution in [3.8, 4) is 16.2 Å². The number of hydrogen-bond donors (Lipinski definition) is 1. The van der Waals surface area contributed by atoms with E-state index < -0.39 is 5.97 Å². The Morgan fingerprint density at radius 2 is 2.11 bits per heavy atom. The first-order chi connectivity index (χ1) is 8.52. The van der Waals surface area contributed by atoms with E-state index in [1.165, 1.54) is 11.3 Å². The number of rotatable bonds is 3. The number of carbonyl (C=O) groups is 1. The van der Waals surface area contributed by atoms with Crippen LogP contribution in [0.25, 0.3) is 10.4 Å². The number of halogens is 1. The predicted molar refractivity (Wildman–Crippen MR) is 73.0 cm³/mol. The molecule has 1 heterocycles. The van der Waals surface area contributed by atoms with E-state index in [9.17, 15) is 4.79 Å². The van der Waals surface area contributed by atoms with Crippen LogP contribution in [0.2, 0.25) is 5.02 Å². The Morgan fingerprint density at radius 1 is 1.39 bits per heavy atom. The van der Waals surface area contributed by atoms with E-state index in [1.807, 2.05) is 13.0 Å². The number of aryl methyl sites for hydroxylation is 1. The number of methoxy groups -OCH3 is 1. The third-order valence-corrected chi connectivity index (χ3v) is 4.11. The molecule has 0 saturated heterocycles. The predicted octanol–water partition coefficient (Wildman–Crippen LogP) is 4.08. The monoisotopic (exact) mass is 282 g/mol. The summed E-state index contributed by atoms with van der Waals surface area (Å²) in [6.45, 7) is 1.89. The van der Waals surface area contributed by atoms with Gasteiger partial charge in [0.25, 0.3) is 0 Å². The Balaban J connectivity index is 2.48. The molecule has 2 rings (SSSR count). The van der Waals surface area contributed by atoms with Crippen LogP contribution in [0, 0.1) is 6.92 Å². The summed E-state index contributed by atoms with van der Waals surface area (Å²) in [7, 11) is 1.56. The molecule has 1 aromatic heterocycles. The van der Waals surface area contributed by atoms with Gasteiger partial charge >= 0.3 is 5.97 Å². The van der Waals surface area contributed by atoms with Crippen molar-refractivity contribution in [1.29, 1.82) is 0 Å². The van der Waals surface area contributed by atoms with E-state index in [4.69, 9.17) is 21.4 Å². The van der Waals surface area contributed by atoms with Crippen LogP contribution in [0.5, 0.6) is 5.75 Å². The molecular formula is C13H11ClO3S. The van der Waals surface area contributed by atoms with E-state index in [1.54, 1.807) is 25.3 Å². The summed E-state index contributed by atoms with van der Waals surface area (Å²) in [4.78, 5) is 12.2. The fourth-order valence-corrected chi connectivity index (χ4v) is 2.95. The molecule has 0 bridgehead atoms. The van der Waals surface area contributed by atoms with E-state index >= 15 is 0 Å². The smallest absolute Gasteiger partial charge is 0.345 e. The largest absolute Gasteiger partial charge is 0.495 e. The Bertz CT molecular complexity index is 604. The van der Waals surface area contributed by atoms with Gasteiger partial charge < -0.3 is 9.84 Å². The zero-order valence-electron chi connectivity index (χ0n) is 9.86. The molecule has 5 heteroatoms. The molecule has 0 unspecified atom stereocenters. The fraction of sp³-hybridized carbons (Fsp3) is 0.154. The molecule has 0 saturated carbocycles. The van der Waals surface area contributed by atoms with Crippen molar-refractivity contribution in [2.24, 2.45) is 0 Å².